The molecule has 0 bridgehead atoms. The highest BCUT2D eigenvalue weighted by atomic mass is 32.1. The Balaban J connectivity index is 1.52. The molecule has 0 aromatic carbocycles. The molecule has 2 aliphatic heterocycles. The molecule has 1 atom stereocenters. The average molecular weight is 333 g/mol. The molecule has 1 aromatic rings. The Hall–Kier alpha value is -1.66. The summed E-state index contributed by atoms with van der Waals surface area (Å²) in [4.78, 5) is 27.9. The van der Waals surface area contributed by atoms with E-state index in [9.17, 15) is 9.59 Å². The molecule has 1 aromatic heterocycles. The highest BCUT2D eigenvalue weighted by Crippen LogP contribution is 2.26. The van der Waals surface area contributed by atoms with E-state index < -0.39 is 0 Å². The molecule has 3 rings (SSSR count). The van der Waals surface area contributed by atoms with Crippen LogP contribution >= 0.6 is 11.3 Å². The van der Waals surface area contributed by atoms with Crippen molar-refractivity contribution in [2.75, 3.05) is 19.6 Å². The Bertz CT molecular complexity index is 577. The van der Waals surface area contributed by atoms with E-state index in [2.05, 4.69) is 4.90 Å². The van der Waals surface area contributed by atoms with Crippen LogP contribution in [0.1, 0.15) is 31.2 Å². The lowest BCUT2D eigenvalue weighted by Gasteiger charge is -2.38. The molecule has 6 heteroatoms. The van der Waals surface area contributed by atoms with Crippen molar-refractivity contribution in [2.45, 2.75) is 37.8 Å². The van der Waals surface area contributed by atoms with E-state index >= 15 is 0 Å². The zero-order chi connectivity index (χ0) is 16.2. The summed E-state index contributed by atoms with van der Waals surface area (Å²) in [5.41, 5.74) is 6.57. The van der Waals surface area contributed by atoms with E-state index in [0.717, 1.165) is 50.9 Å². The van der Waals surface area contributed by atoms with Gasteiger partial charge in [0.05, 0.1) is 6.04 Å². The minimum absolute atomic E-state index is 0.0718. The summed E-state index contributed by atoms with van der Waals surface area (Å²) in [6.07, 6.45) is 7.27. The van der Waals surface area contributed by atoms with Crippen LogP contribution in [-0.2, 0) is 9.59 Å². The van der Waals surface area contributed by atoms with Gasteiger partial charge in [-0.15, -0.1) is 0 Å². The second-order valence-electron chi connectivity index (χ2n) is 6.24. The quantitative estimate of drug-likeness (QED) is 0.853. The fourth-order valence-electron chi connectivity index (χ4n) is 3.59. The summed E-state index contributed by atoms with van der Waals surface area (Å²) >= 11 is 1.62. The largest absolute Gasteiger partial charge is 0.368 e. The molecular formula is C17H23N3O2S. The number of amides is 2. The molecule has 2 N–H and O–H groups in total. The van der Waals surface area contributed by atoms with Crippen molar-refractivity contribution in [1.29, 1.82) is 0 Å². The number of nitrogens with two attached hydrogens (primary N) is 1. The van der Waals surface area contributed by atoms with Crippen LogP contribution in [0.15, 0.2) is 22.9 Å². The number of nitrogens with zero attached hydrogens (tertiary/aromatic N) is 2. The van der Waals surface area contributed by atoms with Crippen molar-refractivity contribution in [3.8, 4) is 0 Å². The van der Waals surface area contributed by atoms with Gasteiger partial charge in [-0.2, -0.15) is 11.3 Å². The SMILES string of the molecule is NC(=O)[C@@H]1CCCN1C1CCN(C(=O)/C=C\c2ccsc2)CC1. The van der Waals surface area contributed by atoms with Gasteiger partial charge in [0, 0.05) is 25.2 Å². The summed E-state index contributed by atoms with van der Waals surface area (Å²) in [7, 11) is 0. The molecule has 0 radical (unpaired) electrons. The second kappa shape index (κ2) is 7.27. The maximum atomic E-state index is 12.2. The molecule has 0 spiro atoms. The smallest absolute Gasteiger partial charge is 0.246 e. The van der Waals surface area contributed by atoms with Crippen LogP contribution in [-0.4, -0.2) is 53.3 Å². The molecule has 2 amide bonds. The van der Waals surface area contributed by atoms with E-state index in [-0.39, 0.29) is 17.9 Å². The first-order chi connectivity index (χ1) is 11.1. The standard InChI is InChI=1S/C17H23N3O2S/c18-17(22)15-2-1-8-20(15)14-5-9-19(10-6-14)16(21)4-3-13-7-11-23-12-13/h3-4,7,11-12,14-15H,1-2,5-6,8-10H2,(H2,18,22)/b4-3-/t15-/m0/s1. The average Bonchev–Trinajstić information content (AvgIpc) is 3.24. The Labute approximate surface area is 140 Å². The first-order valence-corrected chi connectivity index (χ1v) is 9.13. The van der Waals surface area contributed by atoms with Crippen LogP contribution in [0.2, 0.25) is 0 Å². The maximum absolute atomic E-state index is 12.2. The van der Waals surface area contributed by atoms with Gasteiger partial charge in [-0.1, -0.05) is 0 Å². The Morgan fingerprint density at radius 3 is 2.65 bits per heavy atom. The van der Waals surface area contributed by atoms with E-state index in [4.69, 9.17) is 5.73 Å². The minimum atomic E-state index is -0.209. The van der Waals surface area contributed by atoms with Crippen molar-refractivity contribution in [1.82, 2.24) is 9.80 Å². The van der Waals surface area contributed by atoms with E-state index in [1.165, 1.54) is 0 Å². The van der Waals surface area contributed by atoms with Crippen LogP contribution in [0, 0.1) is 0 Å². The van der Waals surface area contributed by atoms with Gasteiger partial charge >= 0.3 is 0 Å². The molecule has 23 heavy (non-hydrogen) atoms. The molecular weight excluding hydrogens is 310 g/mol. The first kappa shape index (κ1) is 16.2. The van der Waals surface area contributed by atoms with Gasteiger partial charge < -0.3 is 10.6 Å². The lowest BCUT2D eigenvalue weighted by Crippen LogP contribution is -2.51. The van der Waals surface area contributed by atoms with Crippen molar-refractivity contribution >= 4 is 29.2 Å². The number of thiophene rings is 1. The monoisotopic (exact) mass is 333 g/mol. The maximum Gasteiger partial charge on any atom is 0.246 e. The molecule has 0 unspecified atom stereocenters. The summed E-state index contributed by atoms with van der Waals surface area (Å²) in [5, 5.41) is 4.02. The van der Waals surface area contributed by atoms with Gasteiger partial charge in [0.1, 0.15) is 0 Å². The van der Waals surface area contributed by atoms with Crippen molar-refractivity contribution in [3.05, 3.63) is 28.5 Å². The fraction of sp³-hybridized carbons (Fsp3) is 0.529. The van der Waals surface area contributed by atoms with E-state index in [1.54, 1.807) is 17.4 Å². The molecule has 2 saturated heterocycles. The predicted molar refractivity (Wildman–Crippen MR) is 91.9 cm³/mol. The number of piperidine rings is 1. The molecule has 2 aliphatic rings. The highest BCUT2D eigenvalue weighted by molar-refractivity contribution is 7.08. The number of likely N-dealkylation sites (tertiary alicyclic amines) is 2. The van der Waals surface area contributed by atoms with Crippen LogP contribution < -0.4 is 5.73 Å². The Kier molecular flexibility index (Phi) is 5.13. The number of hydrogen-bond acceptors (Lipinski definition) is 4. The summed E-state index contributed by atoms with van der Waals surface area (Å²) in [5.74, 6) is -0.137. The number of primary amides is 1. The zero-order valence-electron chi connectivity index (χ0n) is 13.2. The fourth-order valence-corrected chi connectivity index (χ4v) is 4.22. The lowest BCUT2D eigenvalue weighted by molar-refractivity contribution is -0.129. The van der Waals surface area contributed by atoms with Gasteiger partial charge in [0.2, 0.25) is 11.8 Å². The third-order valence-corrected chi connectivity index (χ3v) is 5.53. The second-order valence-corrected chi connectivity index (χ2v) is 7.02. The summed E-state index contributed by atoms with van der Waals surface area (Å²) in [6.45, 7) is 2.45. The minimum Gasteiger partial charge on any atom is -0.368 e. The van der Waals surface area contributed by atoms with Gasteiger partial charge in [-0.3, -0.25) is 14.5 Å². The van der Waals surface area contributed by atoms with Gasteiger partial charge in [0.25, 0.3) is 0 Å². The summed E-state index contributed by atoms with van der Waals surface area (Å²) in [6, 6.07) is 2.26. The number of carbonyl (C=O) groups is 2. The molecule has 124 valence electrons. The van der Waals surface area contributed by atoms with Crippen LogP contribution in [0.3, 0.4) is 0 Å². The number of rotatable bonds is 4. The van der Waals surface area contributed by atoms with Gasteiger partial charge in [-0.05, 0) is 60.7 Å². The molecule has 5 nitrogen and oxygen atoms in total. The normalized spacial score (nSPS) is 23.7. The molecule has 0 aliphatic carbocycles. The first-order valence-electron chi connectivity index (χ1n) is 8.19. The van der Waals surface area contributed by atoms with E-state index in [0.29, 0.717) is 6.04 Å². The molecule has 0 saturated carbocycles. The third-order valence-electron chi connectivity index (χ3n) is 4.83. The number of hydrogen-bond donors (Lipinski definition) is 1. The van der Waals surface area contributed by atoms with Crippen LogP contribution in [0.25, 0.3) is 6.08 Å². The predicted octanol–water partition coefficient (Wildman–Crippen LogP) is 1.70. The highest BCUT2D eigenvalue weighted by Gasteiger charge is 2.35. The van der Waals surface area contributed by atoms with Gasteiger partial charge in [-0.25, -0.2) is 0 Å². The third kappa shape index (κ3) is 3.82. The molecule has 3 heterocycles. The summed E-state index contributed by atoms with van der Waals surface area (Å²) < 4.78 is 0. The Morgan fingerprint density at radius 2 is 2.00 bits per heavy atom. The van der Waals surface area contributed by atoms with Crippen LogP contribution in [0.5, 0.6) is 0 Å². The molecule has 2 fully saturated rings. The van der Waals surface area contributed by atoms with E-state index in [1.807, 2.05) is 27.8 Å². The van der Waals surface area contributed by atoms with Crippen molar-refractivity contribution in [2.24, 2.45) is 5.73 Å². The van der Waals surface area contributed by atoms with Crippen LogP contribution in [0.4, 0.5) is 0 Å². The van der Waals surface area contributed by atoms with Crippen molar-refractivity contribution in [3.63, 3.8) is 0 Å². The Morgan fingerprint density at radius 1 is 1.22 bits per heavy atom. The van der Waals surface area contributed by atoms with Gasteiger partial charge in [0.15, 0.2) is 0 Å². The zero-order valence-corrected chi connectivity index (χ0v) is 14.0. The number of carbonyl (C=O) groups excluding carboxylic acids is 2. The topological polar surface area (TPSA) is 66.6 Å². The lowest BCUT2D eigenvalue weighted by atomic mass is 10.0. The van der Waals surface area contributed by atoms with Crippen molar-refractivity contribution < 1.29 is 9.59 Å².